The first-order valence-electron chi connectivity index (χ1n) is 6.67. The van der Waals surface area contributed by atoms with Gasteiger partial charge in [0.05, 0.1) is 11.9 Å². The molecule has 0 saturated heterocycles. The number of halogens is 1. The number of aromatic nitrogens is 1. The summed E-state index contributed by atoms with van der Waals surface area (Å²) in [6.45, 7) is 0. The lowest BCUT2D eigenvalue weighted by molar-refractivity contribution is 0.0955. The number of nitrogens with zero attached hydrogens (tertiary/aromatic N) is 2. The Labute approximate surface area is 132 Å². The van der Waals surface area contributed by atoms with E-state index in [4.69, 9.17) is 11.6 Å². The van der Waals surface area contributed by atoms with Crippen LogP contribution < -0.4 is 5.43 Å². The molecule has 0 aliphatic heterocycles. The first kappa shape index (κ1) is 14.2. The van der Waals surface area contributed by atoms with Crippen molar-refractivity contribution < 1.29 is 4.79 Å². The lowest BCUT2D eigenvalue weighted by Gasteiger charge is -2.01. The minimum absolute atomic E-state index is 0.298. The smallest absolute Gasteiger partial charge is 0.267 e. The van der Waals surface area contributed by atoms with E-state index in [-0.39, 0.29) is 5.91 Å². The molecule has 0 bridgehead atoms. The van der Waals surface area contributed by atoms with E-state index in [0.717, 1.165) is 10.8 Å². The number of hydrogen-bond donors (Lipinski definition) is 1. The summed E-state index contributed by atoms with van der Waals surface area (Å²) in [5.74, 6) is -0.298. The zero-order valence-corrected chi connectivity index (χ0v) is 12.3. The molecule has 0 saturated carbocycles. The van der Waals surface area contributed by atoms with Crippen LogP contribution in [-0.2, 0) is 0 Å². The second-order valence-corrected chi connectivity index (χ2v) is 5.06. The molecule has 0 fully saturated rings. The lowest BCUT2D eigenvalue weighted by Crippen LogP contribution is -2.17. The zero-order valence-electron chi connectivity index (χ0n) is 11.5. The Bertz CT molecular complexity index is 839. The van der Waals surface area contributed by atoms with E-state index < -0.39 is 0 Å². The monoisotopic (exact) mass is 309 g/mol. The molecule has 1 aromatic heterocycles. The molecule has 108 valence electrons. The highest BCUT2D eigenvalue weighted by Crippen LogP contribution is 2.14. The Hall–Kier alpha value is -2.72. The van der Waals surface area contributed by atoms with Gasteiger partial charge in [-0.1, -0.05) is 35.9 Å². The number of pyridine rings is 1. The van der Waals surface area contributed by atoms with Crippen LogP contribution in [0.15, 0.2) is 65.9 Å². The summed E-state index contributed by atoms with van der Waals surface area (Å²) in [5.41, 5.74) is 3.68. The molecular weight excluding hydrogens is 298 g/mol. The largest absolute Gasteiger partial charge is 0.271 e. The van der Waals surface area contributed by atoms with Crippen molar-refractivity contribution in [2.45, 2.75) is 0 Å². The number of hydrogen-bond acceptors (Lipinski definition) is 3. The van der Waals surface area contributed by atoms with Gasteiger partial charge in [0.25, 0.3) is 5.91 Å². The predicted octanol–water partition coefficient (Wildman–Crippen LogP) is 3.65. The molecule has 0 atom stereocenters. The SMILES string of the molecule is O=C(N/N=C/c1nccc2ccccc12)c1ccc(Cl)cc1. The van der Waals surface area contributed by atoms with E-state index in [9.17, 15) is 4.79 Å². The molecule has 1 amide bonds. The van der Waals surface area contributed by atoms with E-state index in [0.29, 0.717) is 16.3 Å². The first-order valence-corrected chi connectivity index (χ1v) is 7.04. The molecule has 22 heavy (non-hydrogen) atoms. The number of rotatable bonds is 3. The summed E-state index contributed by atoms with van der Waals surface area (Å²) in [6, 6.07) is 16.4. The highest BCUT2D eigenvalue weighted by atomic mass is 35.5. The third kappa shape index (κ3) is 3.13. The summed E-state index contributed by atoms with van der Waals surface area (Å²) in [4.78, 5) is 16.2. The summed E-state index contributed by atoms with van der Waals surface area (Å²) >= 11 is 5.79. The maximum absolute atomic E-state index is 11.9. The number of carbonyl (C=O) groups excluding carboxylic acids is 1. The van der Waals surface area contributed by atoms with Gasteiger partial charge in [0.15, 0.2) is 0 Å². The Morgan fingerprint density at radius 3 is 2.68 bits per heavy atom. The van der Waals surface area contributed by atoms with Crippen molar-refractivity contribution in [3.63, 3.8) is 0 Å². The van der Waals surface area contributed by atoms with Gasteiger partial charge in [0.1, 0.15) is 0 Å². The molecule has 0 spiro atoms. The van der Waals surface area contributed by atoms with Crippen LogP contribution >= 0.6 is 11.6 Å². The fraction of sp³-hybridized carbons (Fsp3) is 0. The standard InChI is InChI=1S/C17H12ClN3O/c18-14-7-5-13(6-8-14)17(22)21-20-11-16-15-4-2-1-3-12(15)9-10-19-16/h1-11H,(H,21,22)/b20-11+. The molecule has 0 aliphatic rings. The minimum Gasteiger partial charge on any atom is -0.267 e. The van der Waals surface area contributed by atoms with Crippen LogP contribution in [0.1, 0.15) is 16.1 Å². The molecular formula is C17H12ClN3O. The van der Waals surface area contributed by atoms with Crippen molar-refractivity contribution in [1.82, 2.24) is 10.4 Å². The Morgan fingerprint density at radius 2 is 1.86 bits per heavy atom. The summed E-state index contributed by atoms with van der Waals surface area (Å²) in [5, 5.41) is 6.61. The van der Waals surface area contributed by atoms with Crippen LogP contribution in [0, 0.1) is 0 Å². The highest BCUT2D eigenvalue weighted by molar-refractivity contribution is 6.30. The molecule has 1 N–H and O–H groups in total. The Balaban J connectivity index is 1.76. The third-order valence-electron chi connectivity index (χ3n) is 3.16. The van der Waals surface area contributed by atoms with E-state index in [1.165, 1.54) is 6.21 Å². The van der Waals surface area contributed by atoms with Gasteiger partial charge in [-0.15, -0.1) is 0 Å². The van der Waals surface area contributed by atoms with Crippen LogP contribution in [0.3, 0.4) is 0 Å². The van der Waals surface area contributed by atoms with Gasteiger partial charge >= 0.3 is 0 Å². The van der Waals surface area contributed by atoms with Crippen LogP contribution in [0.25, 0.3) is 10.8 Å². The summed E-state index contributed by atoms with van der Waals surface area (Å²) in [6.07, 6.45) is 3.25. The predicted molar refractivity (Wildman–Crippen MR) is 88.3 cm³/mol. The average molecular weight is 310 g/mol. The second kappa shape index (κ2) is 6.37. The molecule has 5 heteroatoms. The lowest BCUT2D eigenvalue weighted by atomic mass is 10.1. The molecule has 0 unspecified atom stereocenters. The van der Waals surface area contributed by atoms with Crippen molar-refractivity contribution in [3.8, 4) is 0 Å². The number of amides is 1. The number of benzene rings is 2. The molecule has 3 aromatic rings. The van der Waals surface area contributed by atoms with E-state index in [1.807, 2.05) is 30.3 Å². The quantitative estimate of drug-likeness (QED) is 0.593. The van der Waals surface area contributed by atoms with Gasteiger partial charge in [-0.3, -0.25) is 9.78 Å². The summed E-state index contributed by atoms with van der Waals surface area (Å²) < 4.78 is 0. The molecule has 0 aliphatic carbocycles. The van der Waals surface area contributed by atoms with Crippen molar-refractivity contribution in [2.75, 3.05) is 0 Å². The van der Waals surface area contributed by atoms with Crippen molar-refractivity contribution >= 4 is 34.5 Å². The number of nitrogens with one attached hydrogen (secondary N) is 1. The summed E-state index contributed by atoms with van der Waals surface area (Å²) in [7, 11) is 0. The normalized spacial score (nSPS) is 11.0. The Morgan fingerprint density at radius 1 is 1.09 bits per heavy atom. The highest BCUT2D eigenvalue weighted by Gasteiger charge is 2.03. The van der Waals surface area contributed by atoms with Crippen molar-refractivity contribution in [1.29, 1.82) is 0 Å². The van der Waals surface area contributed by atoms with E-state index >= 15 is 0 Å². The van der Waals surface area contributed by atoms with Crippen LogP contribution in [0.4, 0.5) is 0 Å². The van der Waals surface area contributed by atoms with Gasteiger partial charge in [0, 0.05) is 22.2 Å². The van der Waals surface area contributed by atoms with Crippen LogP contribution in [0.5, 0.6) is 0 Å². The van der Waals surface area contributed by atoms with Gasteiger partial charge in [-0.2, -0.15) is 5.10 Å². The van der Waals surface area contributed by atoms with Gasteiger partial charge < -0.3 is 0 Å². The molecule has 1 heterocycles. The first-order chi connectivity index (χ1) is 10.7. The molecule has 0 radical (unpaired) electrons. The number of hydrazone groups is 1. The molecule has 4 nitrogen and oxygen atoms in total. The van der Waals surface area contributed by atoms with Crippen LogP contribution in [-0.4, -0.2) is 17.1 Å². The minimum atomic E-state index is -0.298. The second-order valence-electron chi connectivity index (χ2n) is 4.62. The van der Waals surface area contributed by atoms with Crippen LogP contribution in [0.2, 0.25) is 5.02 Å². The van der Waals surface area contributed by atoms with Crippen molar-refractivity contribution in [2.24, 2.45) is 5.10 Å². The maximum Gasteiger partial charge on any atom is 0.271 e. The number of carbonyl (C=O) groups is 1. The van der Waals surface area contributed by atoms with E-state index in [2.05, 4.69) is 15.5 Å². The Kier molecular flexibility index (Phi) is 4.12. The molecule has 2 aromatic carbocycles. The van der Waals surface area contributed by atoms with Gasteiger partial charge in [0.2, 0.25) is 0 Å². The van der Waals surface area contributed by atoms with Gasteiger partial charge in [-0.25, -0.2) is 5.43 Å². The number of fused-ring (bicyclic) bond motifs is 1. The molecule has 3 rings (SSSR count). The topological polar surface area (TPSA) is 54.4 Å². The van der Waals surface area contributed by atoms with Crippen molar-refractivity contribution in [3.05, 3.63) is 77.1 Å². The van der Waals surface area contributed by atoms with E-state index in [1.54, 1.807) is 30.5 Å². The maximum atomic E-state index is 11.9. The zero-order chi connectivity index (χ0) is 15.4. The average Bonchev–Trinajstić information content (AvgIpc) is 2.55. The fourth-order valence-electron chi connectivity index (χ4n) is 2.06. The van der Waals surface area contributed by atoms with Gasteiger partial charge in [-0.05, 0) is 35.7 Å². The third-order valence-corrected chi connectivity index (χ3v) is 3.42. The fourth-order valence-corrected chi connectivity index (χ4v) is 2.19.